The lowest BCUT2D eigenvalue weighted by Gasteiger charge is -2.64. The second-order valence-corrected chi connectivity index (χ2v) is 12.4. The summed E-state index contributed by atoms with van der Waals surface area (Å²) in [4.78, 5) is 38.9. The lowest BCUT2D eigenvalue weighted by Crippen LogP contribution is -2.61. The number of hydrogen-bond acceptors (Lipinski definition) is 4. The molecule has 4 aliphatic carbocycles. The second kappa shape index (κ2) is 7.31. The lowest BCUT2D eigenvalue weighted by molar-refractivity contribution is -0.172. The number of Topliss-reactive ketones (excluding diaryl/α,β-unsaturated/α-hetero) is 1. The topological polar surface area (TPSA) is 72.5 Å². The molecule has 1 spiro atoms. The smallest absolute Gasteiger partial charge is 0.328 e. The van der Waals surface area contributed by atoms with Crippen LogP contribution in [0.3, 0.4) is 0 Å². The summed E-state index contributed by atoms with van der Waals surface area (Å²) in [6.45, 7) is 10.6. The Morgan fingerprint density at radius 1 is 1.03 bits per heavy atom. The molecule has 1 amide bonds. The molecule has 7 atom stereocenters. The van der Waals surface area contributed by atoms with E-state index in [1.165, 1.54) is 7.11 Å². The molecule has 31 heavy (non-hydrogen) atoms. The van der Waals surface area contributed by atoms with Gasteiger partial charge < -0.3 is 10.1 Å². The van der Waals surface area contributed by atoms with Crippen molar-refractivity contribution in [3.8, 4) is 0 Å². The second-order valence-electron chi connectivity index (χ2n) is 12.4. The Morgan fingerprint density at radius 2 is 1.71 bits per heavy atom. The maximum Gasteiger partial charge on any atom is 0.328 e. The van der Waals surface area contributed by atoms with Crippen LogP contribution in [0.5, 0.6) is 0 Å². The standard InChI is InChI=1S/C26H41NO4/c1-16(2)20(21(29)31-6)27-22(30)25(5)11-7-10-24(4)17(25)9-13-26-14-19(28)23(3,15-26)12-8-18(24)26/h16-18,20H,7-15H2,1-6H3,(H,27,30)/t17-,18-,20-,23-,24+,25+,26-/m0/s1. The molecule has 4 aliphatic rings. The van der Waals surface area contributed by atoms with Gasteiger partial charge in [0.15, 0.2) is 0 Å². The van der Waals surface area contributed by atoms with Crippen LogP contribution in [0.25, 0.3) is 0 Å². The number of carbonyl (C=O) groups is 3. The van der Waals surface area contributed by atoms with E-state index in [4.69, 9.17) is 4.74 Å². The summed E-state index contributed by atoms with van der Waals surface area (Å²) in [5.74, 6) is 0.897. The molecule has 1 N–H and O–H groups in total. The van der Waals surface area contributed by atoms with Gasteiger partial charge in [0.1, 0.15) is 11.8 Å². The van der Waals surface area contributed by atoms with Gasteiger partial charge in [-0.25, -0.2) is 4.79 Å². The van der Waals surface area contributed by atoms with Crippen LogP contribution in [0.15, 0.2) is 0 Å². The third-order valence-electron chi connectivity index (χ3n) is 10.3. The fourth-order valence-electron chi connectivity index (χ4n) is 8.71. The lowest BCUT2D eigenvalue weighted by atomic mass is 9.40. The van der Waals surface area contributed by atoms with E-state index in [1.54, 1.807) is 0 Å². The zero-order chi connectivity index (χ0) is 22.8. The zero-order valence-corrected chi connectivity index (χ0v) is 20.3. The minimum absolute atomic E-state index is 0.00613. The van der Waals surface area contributed by atoms with E-state index >= 15 is 0 Å². The molecule has 0 saturated heterocycles. The van der Waals surface area contributed by atoms with Crippen LogP contribution in [0.1, 0.15) is 92.4 Å². The minimum Gasteiger partial charge on any atom is -0.467 e. The first kappa shape index (κ1) is 22.8. The Balaban J connectivity index is 1.62. The van der Waals surface area contributed by atoms with E-state index in [1.807, 2.05) is 13.8 Å². The molecule has 0 radical (unpaired) electrons. The fraction of sp³-hybridized carbons (Fsp3) is 0.885. The highest BCUT2D eigenvalue weighted by Crippen LogP contribution is 2.72. The highest BCUT2D eigenvalue weighted by atomic mass is 16.5. The predicted molar refractivity (Wildman–Crippen MR) is 119 cm³/mol. The van der Waals surface area contributed by atoms with Crippen molar-refractivity contribution in [2.24, 2.45) is 39.4 Å². The number of esters is 1. The molecule has 174 valence electrons. The van der Waals surface area contributed by atoms with Gasteiger partial charge in [-0.3, -0.25) is 9.59 Å². The van der Waals surface area contributed by atoms with E-state index in [0.29, 0.717) is 11.7 Å². The Hall–Kier alpha value is -1.39. The van der Waals surface area contributed by atoms with E-state index in [2.05, 4.69) is 26.1 Å². The van der Waals surface area contributed by atoms with Crippen LogP contribution < -0.4 is 5.32 Å². The molecule has 4 rings (SSSR count). The van der Waals surface area contributed by atoms with Crippen molar-refractivity contribution in [3.63, 3.8) is 0 Å². The fourth-order valence-corrected chi connectivity index (χ4v) is 8.71. The van der Waals surface area contributed by atoms with E-state index < -0.39 is 11.5 Å². The number of ketones is 1. The molecule has 0 aromatic rings. The van der Waals surface area contributed by atoms with Crippen LogP contribution in [-0.2, 0) is 19.1 Å². The van der Waals surface area contributed by atoms with Gasteiger partial charge in [0.25, 0.3) is 0 Å². The number of nitrogens with one attached hydrogen (secondary N) is 1. The SMILES string of the molecule is COC(=O)[C@@H](NC(=O)[C@]1(C)CCC[C@@]2(C)[C@@H]3CC[C@@]4(C)C[C@]3(CC[C@@H]21)CC4=O)C(C)C. The highest BCUT2D eigenvalue weighted by molar-refractivity contribution is 5.89. The van der Waals surface area contributed by atoms with Crippen molar-refractivity contribution >= 4 is 17.7 Å². The average Bonchev–Trinajstić information content (AvgIpc) is 2.88. The van der Waals surface area contributed by atoms with Gasteiger partial charge in [0, 0.05) is 17.3 Å². The van der Waals surface area contributed by atoms with Gasteiger partial charge in [-0.05, 0) is 73.5 Å². The Bertz CT molecular complexity index is 792. The quantitative estimate of drug-likeness (QED) is 0.657. The molecule has 2 bridgehead atoms. The van der Waals surface area contributed by atoms with Crippen molar-refractivity contribution in [2.45, 2.75) is 98.4 Å². The van der Waals surface area contributed by atoms with Gasteiger partial charge in [0.05, 0.1) is 7.11 Å². The Morgan fingerprint density at radius 3 is 2.35 bits per heavy atom. The van der Waals surface area contributed by atoms with Crippen molar-refractivity contribution in [2.75, 3.05) is 7.11 Å². The molecule has 5 nitrogen and oxygen atoms in total. The molecular formula is C26H41NO4. The number of methoxy groups -OCH3 is 1. The maximum absolute atomic E-state index is 13.7. The number of ether oxygens (including phenoxy) is 1. The van der Waals surface area contributed by atoms with E-state index in [-0.39, 0.29) is 40.0 Å². The average molecular weight is 432 g/mol. The van der Waals surface area contributed by atoms with Crippen molar-refractivity contribution in [3.05, 3.63) is 0 Å². The summed E-state index contributed by atoms with van der Waals surface area (Å²) < 4.78 is 4.96. The van der Waals surface area contributed by atoms with Crippen LogP contribution in [-0.4, -0.2) is 30.8 Å². The van der Waals surface area contributed by atoms with Crippen molar-refractivity contribution in [1.29, 1.82) is 0 Å². The summed E-state index contributed by atoms with van der Waals surface area (Å²) in [6.07, 6.45) is 9.01. The maximum atomic E-state index is 13.7. The zero-order valence-electron chi connectivity index (χ0n) is 20.3. The van der Waals surface area contributed by atoms with Gasteiger partial charge in [0.2, 0.25) is 5.91 Å². The summed E-state index contributed by atoms with van der Waals surface area (Å²) in [5.41, 5.74) is -0.372. The molecule has 0 aromatic carbocycles. The van der Waals surface area contributed by atoms with Gasteiger partial charge in [-0.15, -0.1) is 0 Å². The van der Waals surface area contributed by atoms with Gasteiger partial charge >= 0.3 is 5.97 Å². The monoisotopic (exact) mass is 431 g/mol. The highest BCUT2D eigenvalue weighted by Gasteiger charge is 2.68. The van der Waals surface area contributed by atoms with Crippen LogP contribution in [0.4, 0.5) is 0 Å². The summed E-state index contributed by atoms with van der Waals surface area (Å²) in [6, 6.07) is -0.611. The van der Waals surface area contributed by atoms with Crippen molar-refractivity contribution < 1.29 is 19.1 Å². The van der Waals surface area contributed by atoms with Gasteiger partial charge in [-0.2, -0.15) is 0 Å². The number of rotatable bonds is 4. The summed E-state index contributed by atoms with van der Waals surface area (Å²) in [5, 5.41) is 3.08. The first-order valence-corrected chi connectivity index (χ1v) is 12.3. The van der Waals surface area contributed by atoms with Crippen molar-refractivity contribution in [1.82, 2.24) is 5.32 Å². The predicted octanol–water partition coefficient (Wildman–Crippen LogP) is 4.67. The number of hydrogen-bond donors (Lipinski definition) is 1. The molecule has 5 heteroatoms. The number of fused-ring (bicyclic) bond motifs is 3. The van der Waals surface area contributed by atoms with Gasteiger partial charge in [-0.1, -0.05) is 41.0 Å². The molecule has 0 aliphatic heterocycles. The molecule has 4 fully saturated rings. The molecule has 0 heterocycles. The van der Waals surface area contributed by atoms with Crippen LogP contribution in [0.2, 0.25) is 0 Å². The summed E-state index contributed by atoms with van der Waals surface area (Å²) in [7, 11) is 1.38. The normalized spacial score (nSPS) is 44.9. The van der Waals surface area contributed by atoms with E-state index in [0.717, 1.165) is 57.8 Å². The first-order chi connectivity index (χ1) is 14.4. The van der Waals surface area contributed by atoms with Crippen LogP contribution >= 0.6 is 0 Å². The Kier molecular flexibility index (Phi) is 5.38. The largest absolute Gasteiger partial charge is 0.467 e. The molecule has 0 unspecified atom stereocenters. The third-order valence-corrected chi connectivity index (χ3v) is 10.3. The molecular weight excluding hydrogens is 390 g/mol. The Labute approximate surface area is 187 Å². The van der Waals surface area contributed by atoms with E-state index in [9.17, 15) is 14.4 Å². The molecule has 0 aromatic heterocycles. The minimum atomic E-state index is -0.611. The summed E-state index contributed by atoms with van der Waals surface area (Å²) >= 11 is 0. The number of amides is 1. The first-order valence-electron chi connectivity index (χ1n) is 12.3. The molecule has 4 saturated carbocycles. The third kappa shape index (κ3) is 3.20. The van der Waals surface area contributed by atoms with Crippen LogP contribution in [0, 0.1) is 39.4 Å². The number of carbonyl (C=O) groups excluding carboxylic acids is 3.